The van der Waals surface area contributed by atoms with E-state index in [1.807, 2.05) is 0 Å². The molecule has 5 heterocycles. The molecule has 2 fully saturated rings. The second kappa shape index (κ2) is 21.9. The Morgan fingerprint density at radius 2 is 1.64 bits per heavy atom. The van der Waals surface area contributed by atoms with Gasteiger partial charge in [0.25, 0.3) is 17.7 Å². The van der Waals surface area contributed by atoms with Crippen molar-refractivity contribution < 1.29 is 52.0 Å². The second-order valence-corrected chi connectivity index (χ2v) is 15.5. The third-order valence-corrected chi connectivity index (χ3v) is 10.8. The number of anilines is 1. The van der Waals surface area contributed by atoms with Gasteiger partial charge in [-0.1, -0.05) is 12.1 Å². The molecule has 3 unspecified atom stereocenters. The van der Waals surface area contributed by atoms with Crippen molar-refractivity contribution in [2.75, 3.05) is 71.3 Å². The van der Waals surface area contributed by atoms with Gasteiger partial charge in [0.2, 0.25) is 11.8 Å². The van der Waals surface area contributed by atoms with Crippen molar-refractivity contribution in [1.82, 2.24) is 35.3 Å². The molecule has 20 heteroatoms. The first-order valence-corrected chi connectivity index (χ1v) is 21.3. The molecule has 3 atom stereocenters. The molecule has 1 aliphatic carbocycles. The number of hydrogen-bond donors (Lipinski definition) is 3. The van der Waals surface area contributed by atoms with E-state index in [2.05, 4.69) is 37.1 Å². The maximum Gasteiger partial charge on any atom is 0.262 e. The van der Waals surface area contributed by atoms with E-state index >= 15 is 4.39 Å². The van der Waals surface area contributed by atoms with Crippen molar-refractivity contribution in [3.8, 4) is 11.9 Å². The van der Waals surface area contributed by atoms with Crippen LogP contribution in [-0.2, 0) is 39.7 Å². The lowest BCUT2D eigenvalue weighted by molar-refractivity contribution is -0.136. The lowest BCUT2D eigenvalue weighted by atomic mass is 9.99. The molecule has 338 valence electrons. The van der Waals surface area contributed by atoms with Crippen LogP contribution >= 0.6 is 0 Å². The van der Waals surface area contributed by atoms with Gasteiger partial charge in [0.05, 0.1) is 99.6 Å². The van der Waals surface area contributed by atoms with E-state index in [0.29, 0.717) is 98.3 Å². The van der Waals surface area contributed by atoms with E-state index in [9.17, 15) is 29.2 Å². The summed E-state index contributed by atoms with van der Waals surface area (Å²) >= 11 is 0. The molecule has 64 heavy (non-hydrogen) atoms. The number of halogens is 1. The third kappa shape index (κ3) is 11.5. The normalized spacial score (nSPS) is 17.0. The summed E-state index contributed by atoms with van der Waals surface area (Å²) in [6, 6.07) is 9.74. The number of pyridine rings is 2. The molecule has 1 saturated carbocycles. The van der Waals surface area contributed by atoms with Gasteiger partial charge in [-0.25, -0.2) is 14.4 Å². The van der Waals surface area contributed by atoms with Crippen LogP contribution in [0.3, 0.4) is 0 Å². The molecule has 2 aliphatic heterocycles. The number of carbonyl (C=O) groups is 5. The highest BCUT2D eigenvalue weighted by molar-refractivity contribution is 6.24. The highest BCUT2D eigenvalue weighted by atomic mass is 19.1. The maximum atomic E-state index is 15.0. The molecule has 4 aromatic rings. The Labute approximate surface area is 367 Å². The number of aromatic nitrogens is 4. The standard InChI is InChI=1S/C44H50FN9O10/c1-27(34(45)26-49-41(56)33-25-47-37(21-35(33)51-31-7-8-31)54-40-30(24-50-54)20-28(22-46)23-48-40)64-19-18-63-17-16-62-15-14-61-13-12-60-11-3-5-29-4-2-6-32-39(29)44(59)53(43(32)58)36-9-10-38(55)52-42(36)57/h2,4,6,20-21,23-25,27,31,34,36H,3,5,7-19,26H2,1H3,(H,47,51)(H,49,56)(H,52,55,57). The summed E-state index contributed by atoms with van der Waals surface area (Å²) in [5.74, 6) is -2.16. The molecule has 5 amide bonds. The predicted octanol–water partition coefficient (Wildman–Crippen LogP) is 2.83. The molecule has 0 bridgehead atoms. The summed E-state index contributed by atoms with van der Waals surface area (Å²) in [7, 11) is 0. The highest BCUT2D eigenvalue weighted by Gasteiger charge is 2.45. The molecule has 0 spiro atoms. The van der Waals surface area contributed by atoms with Crippen molar-refractivity contribution in [3.05, 3.63) is 76.7 Å². The zero-order chi connectivity index (χ0) is 45.0. The maximum absolute atomic E-state index is 15.0. The molecule has 7 rings (SSSR count). The van der Waals surface area contributed by atoms with Gasteiger partial charge in [0.1, 0.15) is 18.3 Å². The first-order chi connectivity index (χ1) is 31.1. The minimum atomic E-state index is -1.47. The third-order valence-electron chi connectivity index (χ3n) is 10.8. The van der Waals surface area contributed by atoms with Crippen molar-refractivity contribution >= 4 is 46.3 Å². The van der Waals surface area contributed by atoms with Gasteiger partial charge in [0, 0.05) is 42.9 Å². The molecular formula is C44H50FN9O10. The first-order valence-electron chi connectivity index (χ1n) is 21.3. The van der Waals surface area contributed by atoms with Crippen molar-refractivity contribution in [1.29, 1.82) is 5.26 Å². The van der Waals surface area contributed by atoms with Gasteiger partial charge in [-0.15, -0.1) is 0 Å². The van der Waals surface area contributed by atoms with E-state index in [1.165, 1.54) is 17.1 Å². The topological polar surface area (TPSA) is 238 Å². The van der Waals surface area contributed by atoms with Crippen LogP contribution in [0, 0.1) is 11.3 Å². The lowest BCUT2D eigenvalue weighted by Crippen LogP contribution is -2.54. The fourth-order valence-electron chi connectivity index (χ4n) is 7.23. The molecule has 19 nitrogen and oxygen atoms in total. The number of hydrogen-bond acceptors (Lipinski definition) is 15. The summed E-state index contributed by atoms with van der Waals surface area (Å²) in [4.78, 5) is 73.1. The summed E-state index contributed by atoms with van der Waals surface area (Å²) in [5, 5.41) is 22.4. The fraction of sp³-hybridized carbons (Fsp3) is 0.477. The Morgan fingerprint density at radius 3 is 2.34 bits per heavy atom. The van der Waals surface area contributed by atoms with E-state index < -0.39 is 47.9 Å². The fourth-order valence-corrected chi connectivity index (χ4v) is 7.23. The Bertz CT molecular complexity index is 2380. The van der Waals surface area contributed by atoms with Crippen molar-refractivity contribution in [3.63, 3.8) is 0 Å². The van der Waals surface area contributed by atoms with Crippen LogP contribution in [0.2, 0.25) is 0 Å². The van der Waals surface area contributed by atoms with E-state index in [0.717, 1.165) is 17.7 Å². The number of benzene rings is 1. The number of nitrogens with one attached hydrogen (secondary N) is 3. The number of imide groups is 2. The number of ether oxygens (including phenoxy) is 5. The van der Waals surface area contributed by atoms with Crippen LogP contribution in [-0.4, -0.2) is 145 Å². The SMILES string of the molecule is CC(OCCOCCOCCOCCOCCCc1cccc2c1C(=O)N(C1CCC(=O)NC1=O)C2=O)C(F)CNC(=O)c1cnc(-n2ncc3cc(C#N)cnc32)cc1NC1CC1. The van der Waals surface area contributed by atoms with Crippen LogP contribution < -0.4 is 16.0 Å². The smallest absolute Gasteiger partial charge is 0.262 e. The quantitative estimate of drug-likeness (QED) is 0.0641. The number of aryl methyl sites for hydroxylation is 1. The van der Waals surface area contributed by atoms with Crippen LogP contribution in [0.25, 0.3) is 16.9 Å². The number of carbonyl (C=O) groups excluding carboxylic acids is 5. The monoisotopic (exact) mass is 883 g/mol. The lowest BCUT2D eigenvalue weighted by Gasteiger charge is -2.27. The first kappa shape index (κ1) is 45.8. The van der Waals surface area contributed by atoms with Gasteiger partial charge < -0.3 is 34.3 Å². The number of fused-ring (bicyclic) bond motifs is 2. The van der Waals surface area contributed by atoms with E-state index in [4.69, 9.17) is 23.7 Å². The number of alkyl halides is 1. The van der Waals surface area contributed by atoms with Crippen LogP contribution in [0.15, 0.2) is 48.9 Å². The zero-order valence-electron chi connectivity index (χ0n) is 35.4. The number of piperidine rings is 1. The molecular weight excluding hydrogens is 834 g/mol. The average molecular weight is 884 g/mol. The van der Waals surface area contributed by atoms with Gasteiger partial charge in [-0.2, -0.15) is 15.0 Å². The summed E-state index contributed by atoms with van der Waals surface area (Å²) in [6.45, 7) is 4.22. The van der Waals surface area contributed by atoms with E-state index in [-0.39, 0.29) is 49.8 Å². The average Bonchev–Trinajstić information content (AvgIpc) is 3.95. The molecule has 3 aromatic heterocycles. The predicted molar refractivity (Wildman–Crippen MR) is 225 cm³/mol. The van der Waals surface area contributed by atoms with Crippen LogP contribution in [0.1, 0.15) is 81.2 Å². The number of nitrogens with zero attached hydrogens (tertiary/aromatic N) is 6. The van der Waals surface area contributed by atoms with E-state index in [1.54, 1.807) is 43.5 Å². The Balaban J connectivity index is 0.702. The zero-order valence-corrected chi connectivity index (χ0v) is 35.4. The minimum absolute atomic E-state index is 0.0629. The Hall–Kier alpha value is -6.24. The van der Waals surface area contributed by atoms with Gasteiger partial charge >= 0.3 is 0 Å². The van der Waals surface area contributed by atoms with Crippen LogP contribution in [0.5, 0.6) is 0 Å². The van der Waals surface area contributed by atoms with Gasteiger partial charge in [0.15, 0.2) is 11.5 Å². The van der Waals surface area contributed by atoms with Gasteiger partial charge in [-0.3, -0.25) is 34.2 Å². The number of rotatable bonds is 25. The molecule has 3 N–H and O–H groups in total. The Kier molecular flexibility index (Phi) is 15.7. The molecule has 3 aliphatic rings. The Morgan fingerprint density at radius 1 is 0.922 bits per heavy atom. The largest absolute Gasteiger partial charge is 0.382 e. The van der Waals surface area contributed by atoms with Crippen LogP contribution in [0.4, 0.5) is 10.1 Å². The summed E-state index contributed by atoms with van der Waals surface area (Å²) in [6.07, 6.45) is 5.40. The molecule has 0 radical (unpaired) electrons. The number of amides is 5. The summed E-state index contributed by atoms with van der Waals surface area (Å²) in [5.41, 5.74) is 3.00. The van der Waals surface area contributed by atoms with Gasteiger partial charge in [-0.05, 0) is 56.7 Å². The highest BCUT2D eigenvalue weighted by Crippen LogP contribution is 2.31. The number of nitriles is 1. The van der Waals surface area contributed by atoms with Crippen molar-refractivity contribution in [2.24, 2.45) is 0 Å². The molecule has 1 aromatic carbocycles. The van der Waals surface area contributed by atoms with Crippen molar-refractivity contribution in [2.45, 2.75) is 69.8 Å². The summed E-state index contributed by atoms with van der Waals surface area (Å²) < 4.78 is 44.4. The minimum Gasteiger partial charge on any atom is -0.382 e. The molecule has 1 saturated heterocycles. The second-order valence-electron chi connectivity index (χ2n) is 15.5.